The molecule has 0 unspecified atom stereocenters. The Labute approximate surface area is 154 Å². The summed E-state index contributed by atoms with van der Waals surface area (Å²) in [5.41, 5.74) is -1.25. The lowest BCUT2D eigenvalue weighted by atomic mass is 9.64. The van der Waals surface area contributed by atoms with E-state index in [9.17, 15) is 9.59 Å². The number of amides is 1. The number of halogens is 3. The van der Waals surface area contributed by atoms with Gasteiger partial charge in [-0.15, -0.1) is 0 Å². The largest absolute Gasteiger partial charge is 0.324 e. The van der Waals surface area contributed by atoms with Gasteiger partial charge in [-0.2, -0.15) is 0 Å². The summed E-state index contributed by atoms with van der Waals surface area (Å²) in [6, 6.07) is 4.94. The zero-order valence-electron chi connectivity index (χ0n) is 13.2. The summed E-state index contributed by atoms with van der Waals surface area (Å²) < 4.78 is 0. The molecule has 0 heterocycles. The van der Waals surface area contributed by atoms with E-state index in [4.69, 9.17) is 23.2 Å². The van der Waals surface area contributed by atoms with Crippen LogP contribution < -0.4 is 5.32 Å². The summed E-state index contributed by atoms with van der Waals surface area (Å²) in [7, 11) is 0. The highest BCUT2D eigenvalue weighted by Gasteiger charge is 2.76. The molecule has 1 N–H and O–H groups in total. The number of ketones is 1. The van der Waals surface area contributed by atoms with Crippen LogP contribution in [-0.4, -0.2) is 16.5 Å². The van der Waals surface area contributed by atoms with Crippen molar-refractivity contribution in [1.29, 1.82) is 0 Å². The minimum Gasteiger partial charge on any atom is -0.324 e. The second-order valence-electron chi connectivity index (χ2n) is 7.23. The number of hydrogen-bond acceptors (Lipinski definition) is 2. The lowest BCUT2D eigenvalue weighted by molar-refractivity contribution is -0.130. The van der Waals surface area contributed by atoms with Crippen LogP contribution in [0.4, 0.5) is 5.69 Å². The molecule has 2 saturated carbocycles. The Bertz CT molecular complexity index is 721. The zero-order chi connectivity index (χ0) is 17.2. The molecule has 0 saturated heterocycles. The number of hydrogen-bond donors (Lipinski definition) is 1. The third kappa shape index (κ3) is 2.01. The van der Waals surface area contributed by atoms with Crippen molar-refractivity contribution in [3.8, 4) is 0 Å². The van der Waals surface area contributed by atoms with Gasteiger partial charge in [0.1, 0.15) is 0 Å². The van der Waals surface area contributed by atoms with Gasteiger partial charge in [-0.1, -0.05) is 59.9 Å². The number of anilines is 1. The molecule has 23 heavy (non-hydrogen) atoms. The van der Waals surface area contributed by atoms with Gasteiger partial charge in [0, 0.05) is 10.4 Å². The van der Waals surface area contributed by atoms with E-state index in [2.05, 4.69) is 21.2 Å². The second kappa shape index (κ2) is 5.21. The SMILES string of the molecule is CC1(C)[C@]2(C)CC[C@@]1(C(=O)Nc1cc(Cl)ccc1Cl)[C@@H](Br)C2=O. The van der Waals surface area contributed by atoms with Crippen molar-refractivity contribution in [2.45, 2.75) is 38.4 Å². The fourth-order valence-electron chi connectivity index (χ4n) is 4.28. The van der Waals surface area contributed by atoms with Crippen LogP contribution in [0.3, 0.4) is 0 Å². The molecule has 3 atom stereocenters. The van der Waals surface area contributed by atoms with Gasteiger partial charge in [0.15, 0.2) is 5.78 Å². The van der Waals surface area contributed by atoms with Crippen LogP contribution in [-0.2, 0) is 9.59 Å². The quantitative estimate of drug-likeness (QED) is 0.679. The highest BCUT2D eigenvalue weighted by atomic mass is 79.9. The van der Waals surface area contributed by atoms with E-state index in [0.29, 0.717) is 22.2 Å². The summed E-state index contributed by atoms with van der Waals surface area (Å²) in [6.07, 6.45) is 1.39. The van der Waals surface area contributed by atoms with Crippen molar-refractivity contribution in [2.75, 3.05) is 5.32 Å². The third-order valence-electron chi connectivity index (χ3n) is 6.30. The first-order chi connectivity index (χ1) is 10.6. The van der Waals surface area contributed by atoms with E-state index in [1.807, 2.05) is 20.8 Å². The van der Waals surface area contributed by atoms with E-state index in [0.717, 1.165) is 6.42 Å². The fraction of sp³-hybridized carbons (Fsp3) is 0.529. The van der Waals surface area contributed by atoms with Gasteiger partial charge >= 0.3 is 0 Å². The molecule has 0 spiro atoms. The van der Waals surface area contributed by atoms with Gasteiger partial charge in [0.05, 0.1) is 21.0 Å². The van der Waals surface area contributed by atoms with Crippen molar-refractivity contribution >= 4 is 56.5 Å². The number of alkyl halides is 1. The summed E-state index contributed by atoms with van der Waals surface area (Å²) >= 11 is 15.7. The molecule has 1 aromatic carbocycles. The first-order valence-corrected chi connectivity index (χ1v) is 9.20. The number of carbonyl (C=O) groups is 2. The van der Waals surface area contributed by atoms with E-state index in [1.165, 1.54) is 0 Å². The Morgan fingerprint density at radius 3 is 2.48 bits per heavy atom. The molecule has 2 fully saturated rings. The molecule has 124 valence electrons. The topological polar surface area (TPSA) is 46.2 Å². The Morgan fingerprint density at radius 1 is 1.26 bits per heavy atom. The van der Waals surface area contributed by atoms with E-state index < -0.39 is 21.1 Å². The highest BCUT2D eigenvalue weighted by molar-refractivity contribution is 9.10. The maximum Gasteiger partial charge on any atom is 0.232 e. The van der Waals surface area contributed by atoms with Crippen LogP contribution in [0.25, 0.3) is 0 Å². The van der Waals surface area contributed by atoms with Crippen LogP contribution in [0.5, 0.6) is 0 Å². The molecule has 1 amide bonds. The van der Waals surface area contributed by atoms with E-state index in [-0.39, 0.29) is 11.7 Å². The van der Waals surface area contributed by atoms with Crippen LogP contribution in [0.2, 0.25) is 10.0 Å². The number of benzene rings is 1. The van der Waals surface area contributed by atoms with Crippen LogP contribution >= 0.6 is 39.1 Å². The summed E-state index contributed by atoms with van der Waals surface area (Å²) in [5.74, 6) is -0.0655. The molecular weight excluding hydrogens is 401 g/mol. The first kappa shape index (κ1) is 17.2. The number of fused-ring (bicyclic) bond motifs is 2. The Hall–Kier alpha value is -0.580. The molecule has 2 aliphatic carbocycles. The zero-order valence-corrected chi connectivity index (χ0v) is 16.3. The smallest absolute Gasteiger partial charge is 0.232 e. The highest BCUT2D eigenvalue weighted by Crippen LogP contribution is 2.72. The van der Waals surface area contributed by atoms with E-state index >= 15 is 0 Å². The molecule has 0 radical (unpaired) electrons. The molecule has 1 aromatic rings. The average molecular weight is 419 g/mol. The molecule has 3 nitrogen and oxygen atoms in total. The van der Waals surface area contributed by atoms with Gasteiger partial charge in [0.2, 0.25) is 5.91 Å². The number of Topliss-reactive ketones (excluding diaryl/α,β-unsaturated/α-hetero) is 1. The summed E-state index contributed by atoms with van der Waals surface area (Å²) in [5, 5.41) is 3.82. The fourth-order valence-corrected chi connectivity index (χ4v) is 6.13. The van der Waals surface area contributed by atoms with Gasteiger partial charge in [-0.25, -0.2) is 0 Å². The number of carbonyl (C=O) groups excluding carboxylic acids is 2. The normalized spacial score (nSPS) is 34.7. The minimum absolute atomic E-state index is 0.112. The Balaban J connectivity index is 2.02. The molecule has 6 heteroatoms. The van der Waals surface area contributed by atoms with E-state index in [1.54, 1.807) is 18.2 Å². The van der Waals surface area contributed by atoms with Gasteiger partial charge in [-0.05, 0) is 36.5 Å². The first-order valence-electron chi connectivity index (χ1n) is 7.53. The molecule has 0 aromatic heterocycles. The predicted octanol–water partition coefficient (Wildman–Crippen LogP) is 5.09. The van der Waals surface area contributed by atoms with Gasteiger partial charge in [-0.3, -0.25) is 9.59 Å². The predicted molar refractivity (Wildman–Crippen MR) is 96.4 cm³/mol. The average Bonchev–Trinajstić information content (AvgIpc) is 2.75. The lowest BCUT2D eigenvalue weighted by Gasteiger charge is -2.39. The van der Waals surface area contributed by atoms with Crippen molar-refractivity contribution < 1.29 is 9.59 Å². The van der Waals surface area contributed by atoms with Crippen LogP contribution in [0.1, 0.15) is 33.6 Å². The second-order valence-corrected chi connectivity index (χ2v) is 8.99. The Kier molecular flexibility index (Phi) is 3.90. The molecular formula is C17H18BrCl2NO2. The maximum absolute atomic E-state index is 13.2. The van der Waals surface area contributed by atoms with Gasteiger partial charge in [0.25, 0.3) is 0 Å². The van der Waals surface area contributed by atoms with Crippen LogP contribution in [0, 0.1) is 16.2 Å². The monoisotopic (exact) mass is 417 g/mol. The Morgan fingerprint density at radius 2 is 1.91 bits per heavy atom. The van der Waals surface area contributed by atoms with Gasteiger partial charge < -0.3 is 5.32 Å². The molecule has 2 bridgehead atoms. The minimum atomic E-state index is -0.787. The number of nitrogens with one attached hydrogen (secondary N) is 1. The van der Waals surface area contributed by atoms with Crippen molar-refractivity contribution in [3.63, 3.8) is 0 Å². The molecule has 0 aliphatic heterocycles. The summed E-state index contributed by atoms with van der Waals surface area (Å²) in [4.78, 5) is 25.4. The van der Waals surface area contributed by atoms with Crippen molar-refractivity contribution in [2.24, 2.45) is 16.2 Å². The maximum atomic E-state index is 13.2. The van der Waals surface area contributed by atoms with Crippen molar-refractivity contribution in [3.05, 3.63) is 28.2 Å². The molecule has 3 rings (SSSR count). The van der Waals surface area contributed by atoms with Crippen LogP contribution in [0.15, 0.2) is 18.2 Å². The standard InChI is InChI=1S/C17H18BrCl2NO2/c1-15(2)16(3)6-7-17(15,12(18)13(16)22)14(23)21-11-8-9(19)4-5-10(11)20/h4-5,8,12H,6-7H2,1-3H3,(H,21,23)/t12-,16+,17-/m0/s1. The van der Waals surface area contributed by atoms with Crippen molar-refractivity contribution in [1.82, 2.24) is 0 Å². The third-order valence-corrected chi connectivity index (χ3v) is 8.06. The number of rotatable bonds is 2. The summed E-state index contributed by atoms with van der Waals surface area (Å²) in [6.45, 7) is 5.99. The lowest BCUT2D eigenvalue weighted by Crippen LogP contribution is -2.48. The molecule has 2 aliphatic rings.